The molecule has 0 unspecified atom stereocenters. The van der Waals surface area contributed by atoms with Crippen molar-refractivity contribution in [1.29, 1.82) is 0 Å². The van der Waals surface area contributed by atoms with Crippen LogP contribution in [0.3, 0.4) is 0 Å². The van der Waals surface area contributed by atoms with Gasteiger partial charge in [-0.25, -0.2) is 9.67 Å². The maximum Gasteiger partial charge on any atom is 0.307 e. The van der Waals surface area contributed by atoms with Crippen molar-refractivity contribution in [3.63, 3.8) is 0 Å². The second-order valence-electron chi connectivity index (χ2n) is 3.31. The van der Waals surface area contributed by atoms with E-state index in [9.17, 15) is 10.1 Å². The highest BCUT2D eigenvalue weighted by Gasteiger charge is 2.11. The van der Waals surface area contributed by atoms with E-state index in [1.54, 1.807) is 6.07 Å². The van der Waals surface area contributed by atoms with Gasteiger partial charge in [-0.2, -0.15) is 5.10 Å². The second-order valence-corrected chi connectivity index (χ2v) is 3.31. The second kappa shape index (κ2) is 3.61. The van der Waals surface area contributed by atoms with Crippen molar-refractivity contribution in [2.45, 2.75) is 6.92 Å². The summed E-state index contributed by atoms with van der Waals surface area (Å²) in [6.45, 7) is 1.81. The molecule has 0 bridgehead atoms. The van der Waals surface area contributed by atoms with Crippen LogP contribution in [0.1, 0.15) is 5.56 Å². The highest BCUT2D eigenvalue weighted by atomic mass is 16.6. The summed E-state index contributed by atoms with van der Waals surface area (Å²) >= 11 is 0. The van der Waals surface area contributed by atoms with Crippen LogP contribution in [0, 0.1) is 17.0 Å². The van der Waals surface area contributed by atoms with E-state index in [0.717, 1.165) is 5.56 Å². The lowest BCUT2D eigenvalue weighted by atomic mass is 10.2. The normalized spacial score (nSPS) is 10.3. The van der Waals surface area contributed by atoms with Gasteiger partial charge in [0.05, 0.1) is 16.8 Å². The maximum absolute atomic E-state index is 10.5. The summed E-state index contributed by atoms with van der Waals surface area (Å²) in [6.07, 6.45) is 3.97. The van der Waals surface area contributed by atoms with E-state index in [1.807, 2.05) is 6.92 Å². The number of aryl methyl sites for hydroxylation is 1. The van der Waals surface area contributed by atoms with E-state index < -0.39 is 4.92 Å². The third kappa shape index (κ3) is 1.70. The molecule has 0 atom stereocenters. The first-order valence-electron chi connectivity index (χ1n) is 4.49. The molecule has 0 aliphatic rings. The lowest BCUT2D eigenvalue weighted by molar-refractivity contribution is -0.384. The van der Waals surface area contributed by atoms with Crippen molar-refractivity contribution in [2.24, 2.45) is 0 Å². The van der Waals surface area contributed by atoms with Gasteiger partial charge in [-0.3, -0.25) is 10.1 Å². The number of nitrogens with zero attached hydrogens (tertiary/aromatic N) is 4. The summed E-state index contributed by atoms with van der Waals surface area (Å²) < 4.78 is 1.35. The average Bonchev–Trinajstić information content (AvgIpc) is 2.66. The van der Waals surface area contributed by atoms with Gasteiger partial charge in [0.2, 0.25) is 0 Å². The third-order valence-corrected chi connectivity index (χ3v) is 2.07. The summed E-state index contributed by atoms with van der Waals surface area (Å²) in [5.41, 5.74) is 6.84. The largest absolute Gasteiger partial charge is 0.397 e. The molecule has 2 heterocycles. The van der Waals surface area contributed by atoms with Crippen molar-refractivity contribution in [3.8, 4) is 5.82 Å². The molecular weight excluding hydrogens is 210 g/mol. The van der Waals surface area contributed by atoms with Crippen LogP contribution in [-0.2, 0) is 0 Å². The van der Waals surface area contributed by atoms with Crippen molar-refractivity contribution in [1.82, 2.24) is 14.8 Å². The molecule has 0 aliphatic heterocycles. The van der Waals surface area contributed by atoms with Gasteiger partial charge in [0, 0.05) is 0 Å². The van der Waals surface area contributed by atoms with Crippen LogP contribution in [0.4, 0.5) is 11.4 Å². The molecule has 2 aromatic heterocycles. The Bertz CT molecular complexity index is 549. The topological polar surface area (TPSA) is 99.9 Å². The molecule has 0 amide bonds. The number of pyridine rings is 1. The molecule has 2 N–H and O–H groups in total. The SMILES string of the molecule is Cc1cc(N)cnc1-n1cc([N+](=O)[O-])cn1. The lowest BCUT2D eigenvalue weighted by Crippen LogP contribution is -2.01. The van der Waals surface area contributed by atoms with E-state index in [4.69, 9.17) is 5.73 Å². The molecule has 0 saturated carbocycles. The van der Waals surface area contributed by atoms with Gasteiger partial charge in [-0.05, 0) is 18.6 Å². The fourth-order valence-electron chi connectivity index (χ4n) is 1.35. The van der Waals surface area contributed by atoms with Crippen molar-refractivity contribution >= 4 is 11.4 Å². The number of anilines is 1. The standard InChI is InChI=1S/C9H9N5O2/c1-6-2-7(10)3-11-9(6)13-5-8(4-12-13)14(15)16/h2-5H,10H2,1H3. The molecule has 82 valence electrons. The van der Waals surface area contributed by atoms with Crippen LogP contribution in [0.5, 0.6) is 0 Å². The minimum absolute atomic E-state index is 0.0713. The Morgan fingerprint density at radius 1 is 1.50 bits per heavy atom. The van der Waals surface area contributed by atoms with Crippen LogP contribution < -0.4 is 5.73 Å². The summed E-state index contributed by atoms with van der Waals surface area (Å²) in [5.74, 6) is 0.530. The van der Waals surface area contributed by atoms with Gasteiger partial charge in [-0.1, -0.05) is 0 Å². The van der Waals surface area contributed by atoms with Gasteiger partial charge in [0.15, 0.2) is 5.82 Å². The Labute approximate surface area is 90.7 Å². The number of nitrogen functional groups attached to an aromatic ring is 1. The van der Waals surface area contributed by atoms with Gasteiger partial charge in [0.1, 0.15) is 12.4 Å². The molecule has 0 aromatic carbocycles. The minimum atomic E-state index is -0.504. The Kier molecular flexibility index (Phi) is 2.28. The molecule has 0 saturated heterocycles. The van der Waals surface area contributed by atoms with E-state index >= 15 is 0 Å². The van der Waals surface area contributed by atoms with Gasteiger partial charge < -0.3 is 5.73 Å². The van der Waals surface area contributed by atoms with E-state index in [2.05, 4.69) is 10.1 Å². The van der Waals surface area contributed by atoms with Crippen LogP contribution >= 0.6 is 0 Å². The number of nitro groups is 1. The smallest absolute Gasteiger partial charge is 0.307 e. The van der Waals surface area contributed by atoms with Crippen LogP contribution in [0.15, 0.2) is 24.7 Å². The molecule has 7 heteroatoms. The first-order chi connectivity index (χ1) is 7.58. The highest BCUT2D eigenvalue weighted by Crippen LogP contribution is 2.16. The lowest BCUT2D eigenvalue weighted by Gasteiger charge is -2.04. The van der Waals surface area contributed by atoms with Crippen LogP contribution in [0.2, 0.25) is 0 Å². The number of hydrogen-bond donors (Lipinski definition) is 1. The van der Waals surface area contributed by atoms with Crippen molar-refractivity contribution in [3.05, 3.63) is 40.3 Å². The molecule has 16 heavy (non-hydrogen) atoms. The average molecular weight is 219 g/mol. The Balaban J connectivity index is 2.46. The molecule has 7 nitrogen and oxygen atoms in total. The van der Waals surface area contributed by atoms with Crippen LogP contribution in [-0.4, -0.2) is 19.7 Å². The summed E-state index contributed by atoms with van der Waals surface area (Å²) in [5, 5.41) is 14.4. The zero-order valence-corrected chi connectivity index (χ0v) is 8.49. The quantitative estimate of drug-likeness (QED) is 0.601. The van der Waals surface area contributed by atoms with Gasteiger partial charge in [-0.15, -0.1) is 0 Å². The maximum atomic E-state index is 10.5. The molecule has 0 radical (unpaired) electrons. The summed E-state index contributed by atoms with van der Waals surface area (Å²) in [7, 11) is 0. The Morgan fingerprint density at radius 2 is 2.25 bits per heavy atom. The number of rotatable bonds is 2. The minimum Gasteiger partial charge on any atom is -0.397 e. The number of hydrogen-bond acceptors (Lipinski definition) is 5. The molecule has 0 aliphatic carbocycles. The molecule has 0 spiro atoms. The first kappa shape index (κ1) is 10.1. The predicted molar refractivity (Wildman–Crippen MR) is 57.2 cm³/mol. The van der Waals surface area contributed by atoms with Crippen molar-refractivity contribution < 1.29 is 4.92 Å². The first-order valence-corrected chi connectivity index (χ1v) is 4.49. The summed E-state index contributed by atoms with van der Waals surface area (Å²) in [4.78, 5) is 14.1. The number of aromatic nitrogens is 3. The third-order valence-electron chi connectivity index (χ3n) is 2.07. The van der Waals surface area contributed by atoms with E-state index in [-0.39, 0.29) is 5.69 Å². The highest BCUT2D eigenvalue weighted by molar-refractivity contribution is 5.45. The molecule has 2 aromatic rings. The monoisotopic (exact) mass is 219 g/mol. The Morgan fingerprint density at radius 3 is 2.81 bits per heavy atom. The summed E-state index contributed by atoms with van der Waals surface area (Å²) in [6, 6.07) is 1.73. The van der Waals surface area contributed by atoms with Crippen LogP contribution in [0.25, 0.3) is 5.82 Å². The molecule has 0 fully saturated rings. The fraction of sp³-hybridized carbons (Fsp3) is 0.111. The van der Waals surface area contributed by atoms with Gasteiger partial charge >= 0.3 is 5.69 Å². The fourth-order valence-corrected chi connectivity index (χ4v) is 1.35. The van der Waals surface area contributed by atoms with E-state index in [0.29, 0.717) is 11.5 Å². The Hall–Kier alpha value is -2.44. The zero-order valence-electron chi connectivity index (χ0n) is 8.49. The van der Waals surface area contributed by atoms with Gasteiger partial charge in [0.25, 0.3) is 0 Å². The zero-order chi connectivity index (χ0) is 11.7. The predicted octanol–water partition coefficient (Wildman–Crippen LogP) is 1.07. The molecule has 2 rings (SSSR count). The number of nitrogens with two attached hydrogens (primary N) is 1. The van der Waals surface area contributed by atoms with Crippen molar-refractivity contribution in [2.75, 3.05) is 5.73 Å². The van der Waals surface area contributed by atoms with E-state index in [1.165, 1.54) is 23.3 Å². The molecular formula is C9H9N5O2.